The van der Waals surface area contributed by atoms with Crippen molar-refractivity contribution in [3.05, 3.63) is 94.8 Å². The van der Waals surface area contributed by atoms with Gasteiger partial charge in [-0.1, -0.05) is 30.3 Å². The molecule has 0 saturated carbocycles. The molecule has 154 valence electrons. The van der Waals surface area contributed by atoms with Gasteiger partial charge >= 0.3 is 0 Å². The van der Waals surface area contributed by atoms with Crippen LogP contribution in [-0.4, -0.2) is 33.9 Å². The number of nitrogens with one attached hydrogen (secondary N) is 2. The fraction of sp³-hybridized carbons (Fsp3) is 0.0870. The van der Waals surface area contributed by atoms with Crippen LogP contribution in [0.2, 0.25) is 0 Å². The molecule has 0 fully saturated rings. The largest absolute Gasteiger partial charge is 0.378 e. The zero-order chi connectivity index (χ0) is 21.6. The van der Waals surface area contributed by atoms with Gasteiger partial charge in [0.05, 0.1) is 21.7 Å². The van der Waals surface area contributed by atoms with Crippen LogP contribution in [0.15, 0.2) is 79.1 Å². The predicted octanol–water partition coefficient (Wildman–Crippen LogP) is 4.05. The topological polar surface area (TPSA) is 110 Å². The highest BCUT2D eigenvalue weighted by molar-refractivity contribution is 6.07. The maximum atomic E-state index is 12.9. The Labute approximate surface area is 178 Å². The first-order chi connectivity index (χ1) is 15.1. The number of carbonyl (C=O) groups excluding carboxylic acids is 1. The molecule has 4 rings (SSSR count). The Kier molecular flexibility index (Phi) is 5.79. The van der Waals surface area contributed by atoms with E-state index in [9.17, 15) is 14.9 Å². The molecule has 8 nitrogen and oxygen atoms in total. The maximum absolute atomic E-state index is 12.9. The van der Waals surface area contributed by atoms with Gasteiger partial charge in [-0.05, 0) is 30.3 Å². The van der Waals surface area contributed by atoms with Gasteiger partial charge in [-0.15, -0.1) is 0 Å². The van der Waals surface area contributed by atoms with Crippen molar-refractivity contribution in [2.24, 2.45) is 0 Å². The number of anilines is 1. The Hall–Kier alpha value is -4.33. The van der Waals surface area contributed by atoms with E-state index in [4.69, 9.17) is 0 Å². The highest BCUT2D eigenvalue weighted by Crippen LogP contribution is 2.25. The summed E-state index contributed by atoms with van der Waals surface area (Å²) in [7, 11) is 0. The van der Waals surface area contributed by atoms with E-state index in [1.54, 1.807) is 36.7 Å². The Bertz CT molecular complexity index is 1240. The number of carbonyl (C=O) groups is 1. The van der Waals surface area contributed by atoms with Gasteiger partial charge in [0.1, 0.15) is 5.69 Å². The van der Waals surface area contributed by atoms with Crippen LogP contribution in [-0.2, 0) is 0 Å². The second-order valence-electron chi connectivity index (χ2n) is 6.77. The van der Waals surface area contributed by atoms with Crippen molar-refractivity contribution in [1.82, 2.24) is 15.3 Å². The van der Waals surface area contributed by atoms with Gasteiger partial charge < -0.3 is 10.6 Å². The molecule has 2 heterocycles. The molecule has 1 amide bonds. The molecule has 0 aliphatic carbocycles. The summed E-state index contributed by atoms with van der Waals surface area (Å²) in [5.74, 6) is -0.238. The van der Waals surface area contributed by atoms with Crippen molar-refractivity contribution >= 4 is 28.2 Å². The number of para-hydroxylation sites is 3. The second-order valence-corrected chi connectivity index (χ2v) is 6.77. The van der Waals surface area contributed by atoms with Crippen LogP contribution in [0.5, 0.6) is 0 Å². The zero-order valence-electron chi connectivity index (χ0n) is 16.5. The average Bonchev–Trinajstić information content (AvgIpc) is 2.81. The van der Waals surface area contributed by atoms with Crippen LogP contribution in [0.3, 0.4) is 0 Å². The Morgan fingerprint density at radius 3 is 2.52 bits per heavy atom. The third-order valence-electron chi connectivity index (χ3n) is 4.76. The number of hydrogen-bond donors (Lipinski definition) is 2. The van der Waals surface area contributed by atoms with Crippen LogP contribution in [0, 0.1) is 10.1 Å². The number of pyridine rings is 2. The van der Waals surface area contributed by atoms with Gasteiger partial charge in [0.25, 0.3) is 11.6 Å². The molecular weight excluding hydrogens is 394 g/mol. The number of rotatable bonds is 7. The van der Waals surface area contributed by atoms with Crippen molar-refractivity contribution < 1.29 is 9.72 Å². The minimum Gasteiger partial charge on any atom is -0.378 e. The zero-order valence-corrected chi connectivity index (χ0v) is 16.5. The summed E-state index contributed by atoms with van der Waals surface area (Å²) in [6.45, 7) is 0.642. The minimum absolute atomic E-state index is 0.00375. The van der Waals surface area contributed by atoms with E-state index in [0.717, 1.165) is 16.5 Å². The van der Waals surface area contributed by atoms with Crippen molar-refractivity contribution in [3.8, 4) is 11.3 Å². The molecule has 2 aromatic carbocycles. The van der Waals surface area contributed by atoms with Crippen LogP contribution in [0.1, 0.15) is 10.4 Å². The van der Waals surface area contributed by atoms with Crippen LogP contribution in [0.4, 0.5) is 11.4 Å². The second kappa shape index (κ2) is 9.00. The Morgan fingerprint density at radius 2 is 1.71 bits per heavy atom. The molecule has 2 aromatic heterocycles. The van der Waals surface area contributed by atoms with E-state index in [-0.39, 0.29) is 11.6 Å². The SMILES string of the molecule is O=C(NCCNc1ccccc1[N+](=O)[O-])c1cc(-c2ccncc2)nc2ccccc12. The Balaban J connectivity index is 1.51. The third-order valence-corrected chi connectivity index (χ3v) is 4.76. The molecular formula is C23H19N5O3. The number of hydrogen-bond acceptors (Lipinski definition) is 6. The summed E-state index contributed by atoms with van der Waals surface area (Å²) in [5.41, 5.74) is 3.20. The fourth-order valence-electron chi connectivity index (χ4n) is 3.28. The highest BCUT2D eigenvalue weighted by atomic mass is 16.6. The number of nitro groups is 1. The van der Waals surface area contributed by atoms with Gasteiger partial charge in [0.2, 0.25) is 0 Å². The lowest BCUT2D eigenvalue weighted by molar-refractivity contribution is -0.384. The van der Waals surface area contributed by atoms with E-state index < -0.39 is 4.92 Å². The third kappa shape index (κ3) is 4.48. The molecule has 0 radical (unpaired) electrons. The van der Waals surface area contributed by atoms with E-state index in [0.29, 0.717) is 30.0 Å². The lowest BCUT2D eigenvalue weighted by Gasteiger charge is -2.11. The number of nitrogens with zero attached hydrogens (tertiary/aromatic N) is 3. The van der Waals surface area contributed by atoms with Crippen LogP contribution in [0.25, 0.3) is 22.2 Å². The number of aromatic nitrogens is 2. The number of benzene rings is 2. The van der Waals surface area contributed by atoms with Crippen molar-refractivity contribution in [2.75, 3.05) is 18.4 Å². The number of fused-ring (bicyclic) bond motifs is 1. The normalized spacial score (nSPS) is 10.6. The molecule has 8 heteroatoms. The molecule has 0 spiro atoms. The first-order valence-corrected chi connectivity index (χ1v) is 9.69. The van der Waals surface area contributed by atoms with Crippen LogP contribution >= 0.6 is 0 Å². The molecule has 0 bridgehead atoms. The monoisotopic (exact) mass is 413 g/mol. The van der Waals surface area contributed by atoms with E-state index in [2.05, 4.69) is 20.6 Å². The van der Waals surface area contributed by atoms with Gasteiger partial charge in [-0.3, -0.25) is 19.9 Å². The van der Waals surface area contributed by atoms with Gasteiger partial charge in [0.15, 0.2) is 0 Å². The highest BCUT2D eigenvalue weighted by Gasteiger charge is 2.14. The minimum atomic E-state index is -0.440. The Morgan fingerprint density at radius 1 is 0.968 bits per heavy atom. The number of amides is 1. The number of nitro benzene ring substituents is 1. The molecule has 2 N–H and O–H groups in total. The molecule has 31 heavy (non-hydrogen) atoms. The summed E-state index contributed by atoms with van der Waals surface area (Å²) in [4.78, 5) is 32.3. The average molecular weight is 413 g/mol. The first kappa shape index (κ1) is 20.0. The van der Waals surface area contributed by atoms with Gasteiger partial charge in [-0.25, -0.2) is 4.98 Å². The molecule has 0 aliphatic heterocycles. The van der Waals surface area contributed by atoms with Crippen molar-refractivity contribution in [2.45, 2.75) is 0 Å². The van der Waals surface area contributed by atoms with E-state index in [1.165, 1.54) is 6.07 Å². The lowest BCUT2D eigenvalue weighted by atomic mass is 10.0. The molecule has 0 aliphatic rings. The molecule has 4 aromatic rings. The molecule has 0 saturated heterocycles. The fourth-order valence-corrected chi connectivity index (χ4v) is 3.28. The molecule has 0 atom stereocenters. The summed E-state index contributed by atoms with van der Waals surface area (Å²) in [6.07, 6.45) is 3.36. The summed E-state index contributed by atoms with van der Waals surface area (Å²) in [6, 6.07) is 19.3. The van der Waals surface area contributed by atoms with E-state index >= 15 is 0 Å². The summed E-state index contributed by atoms with van der Waals surface area (Å²) >= 11 is 0. The molecule has 0 unspecified atom stereocenters. The summed E-state index contributed by atoms with van der Waals surface area (Å²) < 4.78 is 0. The van der Waals surface area contributed by atoms with Gasteiger partial charge in [0, 0.05) is 42.5 Å². The van der Waals surface area contributed by atoms with Gasteiger partial charge in [-0.2, -0.15) is 0 Å². The lowest BCUT2D eigenvalue weighted by Crippen LogP contribution is -2.29. The standard InChI is InChI=1S/C23H19N5O3/c29-23(26-14-13-25-20-7-3-4-8-22(20)28(30)31)18-15-21(16-9-11-24-12-10-16)27-19-6-2-1-5-17(18)19/h1-12,15,25H,13-14H2,(H,26,29). The van der Waals surface area contributed by atoms with Crippen molar-refractivity contribution in [3.63, 3.8) is 0 Å². The maximum Gasteiger partial charge on any atom is 0.292 e. The van der Waals surface area contributed by atoms with Crippen LogP contribution < -0.4 is 10.6 Å². The van der Waals surface area contributed by atoms with Crippen molar-refractivity contribution in [1.29, 1.82) is 0 Å². The quantitative estimate of drug-likeness (QED) is 0.269. The first-order valence-electron chi connectivity index (χ1n) is 9.69. The summed E-state index contributed by atoms with van der Waals surface area (Å²) in [5, 5.41) is 17.7. The smallest absolute Gasteiger partial charge is 0.292 e. The predicted molar refractivity (Wildman–Crippen MR) is 119 cm³/mol. The van der Waals surface area contributed by atoms with E-state index in [1.807, 2.05) is 36.4 Å².